The Balaban J connectivity index is 1.49. The Bertz CT molecular complexity index is 926. The molecule has 0 spiro atoms. The van der Waals surface area contributed by atoms with E-state index >= 15 is 0 Å². The fraction of sp³-hybridized carbons (Fsp3) is 0.350. The van der Waals surface area contributed by atoms with Gasteiger partial charge in [0.1, 0.15) is 5.82 Å². The second-order valence-electron chi connectivity index (χ2n) is 6.90. The second-order valence-corrected chi connectivity index (χ2v) is 6.90. The molecule has 0 unspecified atom stereocenters. The molecule has 0 aliphatic heterocycles. The molecular weight excluding hydrogens is 326 g/mol. The molecule has 1 saturated carbocycles. The van der Waals surface area contributed by atoms with Crippen LogP contribution in [0, 0.1) is 26.7 Å². The number of ether oxygens (including phenoxy) is 1. The zero-order chi connectivity index (χ0) is 18.1. The molecule has 6 nitrogen and oxygen atoms in total. The molecular formula is C20H21N5O. The average Bonchev–Trinajstić information content (AvgIpc) is 3.40. The molecule has 4 rings (SSSR count). The van der Waals surface area contributed by atoms with Gasteiger partial charge in [0.2, 0.25) is 5.88 Å². The summed E-state index contributed by atoms with van der Waals surface area (Å²) in [6, 6.07) is 6.19. The van der Waals surface area contributed by atoms with Gasteiger partial charge in [0.15, 0.2) is 0 Å². The molecule has 1 aliphatic carbocycles. The topological polar surface area (TPSA) is 73.7 Å². The van der Waals surface area contributed by atoms with E-state index in [1.165, 1.54) is 5.56 Å². The summed E-state index contributed by atoms with van der Waals surface area (Å²) in [5.41, 5.74) is 4.95. The zero-order valence-corrected chi connectivity index (χ0v) is 15.2. The van der Waals surface area contributed by atoms with Crippen molar-refractivity contribution >= 4 is 0 Å². The quantitative estimate of drug-likeness (QED) is 0.704. The van der Waals surface area contributed by atoms with Crippen molar-refractivity contribution in [1.82, 2.24) is 25.1 Å². The number of hydrogen-bond donors (Lipinski definition) is 0. The lowest BCUT2D eigenvalue weighted by atomic mass is 10.1. The van der Waals surface area contributed by atoms with Gasteiger partial charge in [-0.15, -0.1) is 0 Å². The van der Waals surface area contributed by atoms with Crippen LogP contribution in [0.3, 0.4) is 0 Å². The molecule has 3 heterocycles. The summed E-state index contributed by atoms with van der Waals surface area (Å²) in [5.74, 6) is 2.25. The van der Waals surface area contributed by atoms with E-state index < -0.39 is 0 Å². The minimum atomic E-state index is 0.477. The predicted octanol–water partition coefficient (Wildman–Crippen LogP) is 3.44. The highest BCUT2D eigenvalue weighted by Gasteiger charge is 2.40. The van der Waals surface area contributed by atoms with Crippen LogP contribution in [0.2, 0.25) is 0 Å². The zero-order valence-electron chi connectivity index (χ0n) is 15.2. The SMILES string of the molecule is Cc1ccc([C@@H]2C[C@H]2COc2nc(C)ncc2-c2cnnc(C)c2)nc1. The van der Waals surface area contributed by atoms with Crippen molar-refractivity contribution in [2.45, 2.75) is 33.1 Å². The van der Waals surface area contributed by atoms with Crippen LogP contribution >= 0.6 is 0 Å². The van der Waals surface area contributed by atoms with E-state index in [0.29, 0.717) is 30.1 Å². The molecule has 3 aromatic rings. The molecule has 0 radical (unpaired) electrons. The molecule has 0 aromatic carbocycles. The highest BCUT2D eigenvalue weighted by molar-refractivity contribution is 5.66. The minimum absolute atomic E-state index is 0.477. The highest BCUT2D eigenvalue weighted by Crippen LogP contribution is 2.47. The third-order valence-electron chi connectivity index (χ3n) is 4.63. The van der Waals surface area contributed by atoms with Gasteiger partial charge in [-0.1, -0.05) is 6.07 Å². The number of rotatable bonds is 5. The summed E-state index contributed by atoms with van der Waals surface area (Å²) in [7, 11) is 0. The van der Waals surface area contributed by atoms with Crippen LogP contribution in [0.15, 0.2) is 36.8 Å². The van der Waals surface area contributed by atoms with Crippen molar-refractivity contribution in [3.8, 4) is 17.0 Å². The maximum atomic E-state index is 6.08. The summed E-state index contributed by atoms with van der Waals surface area (Å²) in [6.07, 6.45) is 6.53. The predicted molar refractivity (Wildman–Crippen MR) is 97.8 cm³/mol. The summed E-state index contributed by atoms with van der Waals surface area (Å²) >= 11 is 0. The van der Waals surface area contributed by atoms with E-state index in [9.17, 15) is 0 Å². The molecule has 1 aliphatic rings. The van der Waals surface area contributed by atoms with Gasteiger partial charge in [-0.2, -0.15) is 15.2 Å². The second kappa shape index (κ2) is 6.78. The van der Waals surface area contributed by atoms with Crippen molar-refractivity contribution in [2.75, 3.05) is 6.61 Å². The van der Waals surface area contributed by atoms with Crippen LogP contribution < -0.4 is 4.74 Å². The lowest BCUT2D eigenvalue weighted by Crippen LogP contribution is -2.06. The average molecular weight is 347 g/mol. The fourth-order valence-corrected chi connectivity index (χ4v) is 3.06. The first-order chi connectivity index (χ1) is 12.6. The van der Waals surface area contributed by atoms with Gasteiger partial charge in [0.05, 0.1) is 24.1 Å². The van der Waals surface area contributed by atoms with Crippen LogP contribution in [0.25, 0.3) is 11.1 Å². The third kappa shape index (κ3) is 3.54. The largest absolute Gasteiger partial charge is 0.477 e. The third-order valence-corrected chi connectivity index (χ3v) is 4.63. The Kier molecular flexibility index (Phi) is 4.32. The van der Waals surface area contributed by atoms with Crippen molar-refractivity contribution in [3.63, 3.8) is 0 Å². The smallest absolute Gasteiger partial charge is 0.224 e. The molecule has 0 amide bonds. The van der Waals surface area contributed by atoms with Crippen molar-refractivity contribution in [2.24, 2.45) is 5.92 Å². The molecule has 2 atom stereocenters. The number of aromatic nitrogens is 5. The van der Waals surface area contributed by atoms with E-state index in [1.807, 2.05) is 26.1 Å². The number of hydrogen-bond acceptors (Lipinski definition) is 6. The number of nitrogens with zero attached hydrogens (tertiary/aromatic N) is 5. The summed E-state index contributed by atoms with van der Waals surface area (Å²) in [6.45, 7) is 6.46. The van der Waals surface area contributed by atoms with E-state index in [4.69, 9.17) is 4.74 Å². The Hall–Kier alpha value is -2.89. The summed E-state index contributed by atoms with van der Waals surface area (Å²) in [4.78, 5) is 13.3. The van der Waals surface area contributed by atoms with Gasteiger partial charge in [0, 0.05) is 35.5 Å². The monoisotopic (exact) mass is 347 g/mol. The summed E-state index contributed by atoms with van der Waals surface area (Å²) in [5, 5.41) is 8.03. The molecule has 0 bridgehead atoms. The van der Waals surface area contributed by atoms with Crippen LogP contribution in [0.1, 0.15) is 35.1 Å². The van der Waals surface area contributed by atoms with Crippen molar-refractivity contribution < 1.29 is 4.74 Å². The number of pyridine rings is 1. The first-order valence-electron chi connectivity index (χ1n) is 8.79. The first kappa shape index (κ1) is 16.6. The maximum absolute atomic E-state index is 6.08. The Morgan fingerprint density at radius 1 is 1.08 bits per heavy atom. The van der Waals surface area contributed by atoms with Gasteiger partial charge < -0.3 is 4.74 Å². The van der Waals surface area contributed by atoms with Gasteiger partial charge >= 0.3 is 0 Å². The van der Waals surface area contributed by atoms with Gasteiger partial charge in [-0.05, 0) is 44.9 Å². The normalized spacial score (nSPS) is 18.6. The minimum Gasteiger partial charge on any atom is -0.477 e. The molecule has 3 aromatic heterocycles. The Morgan fingerprint density at radius 2 is 1.96 bits per heavy atom. The van der Waals surface area contributed by atoms with Gasteiger partial charge in [-0.25, -0.2) is 4.98 Å². The van der Waals surface area contributed by atoms with Crippen LogP contribution in [-0.2, 0) is 0 Å². The van der Waals surface area contributed by atoms with E-state index in [2.05, 4.69) is 44.2 Å². The van der Waals surface area contributed by atoms with Gasteiger partial charge in [-0.3, -0.25) is 4.98 Å². The fourth-order valence-electron chi connectivity index (χ4n) is 3.06. The van der Waals surface area contributed by atoms with Crippen LogP contribution in [0.5, 0.6) is 5.88 Å². The molecule has 26 heavy (non-hydrogen) atoms. The van der Waals surface area contributed by atoms with E-state index in [-0.39, 0.29) is 0 Å². The molecule has 1 fully saturated rings. The Labute approximate surface area is 152 Å². The van der Waals surface area contributed by atoms with Crippen molar-refractivity contribution in [1.29, 1.82) is 0 Å². The standard InChI is InChI=1S/C20H21N5O/c1-12-4-5-19(22-8-12)17-7-16(17)11-26-20-18(10-21-14(3)24-20)15-6-13(2)25-23-9-15/h4-6,8-10,16-17H,7,11H2,1-3H3/t16-,17+/m0/s1. The van der Waals surface area contributed by atoms with E-state index in [0.717, 1.165) is 28.9 Å². The Morgan fingerprint density at radius 3 is 2.73 bits per heavy atom. The molecule has 0 saturated heterocycles. The number of aryl methyl sites for hydroxylation is 3. The van der Waals surface area contributed by atoms with Gasteiger partial charge in [0.25, 0.3) is 0 Å². The first-order valence-corrected chi connectivity index (χ1v) is 8.79. The molecule has 0 N–H and O–H groups in total. The molecule has 132 valence electrons. The molecule has 6 heteroatoms. The van der Waals surface area contributed by atoms with Crippen molar-refractivity contribution in [3.05, 3.63) is 59.6 Å². The maximum Gasteiger partial charge on any atom is 0.224 e. The highest BCUT2D eigenvalue weighted by atomic mass is 16.5. The van der Waals surface area contributed by atoms with E-state index in [1.54, 1.807) is 12.4 Å². The lowest BCUT2D eigenvalue weighted by molar-refractivity contribution is 0.285. The lowest BCUT2D eigenvalue weighted by Gasteiger charge is -2.11. The van der Waals surface area contributed by atoms with Crippen LogP contribution in [-0.4, -0.2) is 31.8 Å². The summed E-state index contributed by atoms with van der Waals surface area (Å²) < 4.78 is 6.08. The van der Waals surface area contributed by atoms with Crippen LogP contribution in [0.4, 0.5) is 0 Å².